The molecule has 0 aliphatic rings. The minimum atomic E-state index is -3.55. The second-order valence-corrected chi connectivity index (χ2v) is 7.08. The van der Waals surface area contributed by atoms with Gasteiger partial charge >= 0.3 is 0 Å². The third-order valence-electron chi connectivity index (χ3n) is 3.14. The quantitative estimate of drug-likeness (QED) is 0.873. The summed E-state index contributed by atoms with van der Waals surface area (Å²) < 4.78 is 27.5. The van der Waals surface area contributed by atoms with Crippen molar-refractivity contribution in [2.24, 2.45) is 0 Å². The molecule has 0 radical (unpaired) electrons. The molecule has 0 unspecified atom stereocenters. The first kappa shape index (κ1) is 14.9. The largest absolute Gasteiger partial charge is 0.278 e. The van der Waals surface area contributed by atoms with Crippen LogP contribution < -0.4 is 4.72 Å². The van der Waals surface area contributed by atoms with Crippen LogP contribution >= 0.6 is 11.8 Å². The highest BCUT2D eigenvalue weighted by molar-refractivity contribution is 7.99. The third-order valence-corrected chi connectivity index (χ3v) is 5.30. The fourth-order valence-electron chi connectivity index (χ4n) is 1.81. The van der Waals surface area contributed by atoms with Crippen LogP contribution in [0, 0.1) is 13.8 Å². The van der Waals surface area contributed by atoms with E-state index < -0.39 is 10.0 Å². The molecule has 20 heavy (non-hydrogen) atoms. The minimum Gasteiger partial charge on any atom is -0.278 e. The van der Waals surface area contributed by atoms with Gasteiger partial charge in [0.05, 0.1) is 10.6 Å². The molecule has 2 rings (SSSR count). The molecular formula is C15H17NO2S2. The van der Waals surface area contributed by atoms with Gasteiger partial charge in [-0.3, -0.25) is 4.72 Å². The van der Waals surface area contributed by atoms with E-state index in [1.807, 2.05) is 44.4 Å². The number of thioether (sulfide) groups is 1. The zero-order valence-corrected chi connectivity index (χ0v) is 13.3. The summed E-state index contributed by atoms with van der Waals surface area (Å²) in [5.41, 5.74) is 2.65. The van der Waals surface area contributed by atoms with Crippen molar-refractivity contribution >= 4 is 27.5 Å². The number of para-hydroxylation sites is 1. The highest BCUT2D eigenvalue weighted by Crippen LogP contribution is 2.27. The molecule has 0 saturated heterocycles. The normalized spacial score (nSPS) is 11.3. The van der Waals surface area contributed by atoms with E-state index in [4.69, 9.17) is 0 Å². The van der Waals surface area contributed by atoms with Crippen molar-refractivity contribution < 1.29 is 8.42 Å². The summed E-state index contributed by atoms with van der Waals surface area (Å²) in [6, 6.07) is 12.5. The number of aryl methyl sites for hydroxylation is 2. The maximum Gasteiger partial charge on any atom is 0.261 e. The van der Waals surface area contributed by atoms with Crippen LogP contribution in [0.15, 0.2) is 52.3 Å². The Hall–Kier alpha value is -1.46. The fraction of sp³-hybridized carbons (Fsp3) is 0.200. The lowest BCUT2D eigenvalue weighted by Gasteiger charge is -2.12. The molecule has 0 spiro atoms. The van der Waals surface area contributed by atoms with Crippen molar-refractivity contribution in [3.63, 3.8) is 0 Å². The minimum absolute atomic E-state index is 0.288. The fourth-order valence-corrected chi connectivity index (χ4v) is 3.60. The van der Waals surface area contributed by atoms with Gasteiger partial charge in [-0.15, -0.1) is 11.8 Å². The van der Waals surface area contributed by atoms with Crippen molar-refractivity contribution in [3.8, 4) is 0 Å². The molecule has 1 N–H and O–H groups in total. The summed E-state index contributed by atoms with van der Waals surface area (Å²) in [7, 11) is -3.55. The van der Waals surface area contributed by atoms with Gasteiger partial charge in [0.25, 0.3) is 10.0 Å². The Bertz CT molecular complexity index is 724. The van der Waals surface area contributed by atoms with Gasteiger partial charge in [-0.2, -0.15) is 0 Å². The lowest BCUT2D eigenvalue weighted by atomic mass is 10.1. The highest BCUT2D eigenvalue weighted by Gasteiger charge is 2.16. The van der Waals surface area contributed by atoms with Crippen LogP contribution in [-0.2, 0) is 10.0 Å². The van der Waals surface area contributed by atoms with Gasteiger partial charge in [0, 0.05) is 4.90 Å². The summed E-state index contributed by atoms with van der Waals surface area (Å²) >= 11 is 1.51. The number of sulfonamides is 1. The molecule has 106 valence electrons. The van der Waals surface area contributed by atoms with Crippen molar-refractivity contribution in [1.82, 2.24) is 0 Å². The van der Waals surface area contributed by atoms with Crippen LogP contribution in [-0.4, -0.2) is 14.7 Å². The number of rotatable bonds is 4. The van der Waals surface area contributed by atoms with E-state index in [0.29, 0.717) is 5.69 Å². The molecule has 0 saturated carbocycles. The van der Waals surface area contributed by atoms with Crippen molar-refractivity contribution in [2.45, 2.75) is 23.6 Å². The topological polar surface area (TPSA) is 46.2 Å². The third kappa shape index (κ3) is 3.16. The van der Waals surface area contributed by atoms with E-state index in [0.717, 1.165) is 16.0 Å². The predicted octanol–water partition coefficient (Wildman–Crippen LogP) is 3.83. The molecule has 3 nitrogen and oxygen atoms in total. The van der Waals surface area contributed by atoms with E-state index in [2.05, 4.69) is 4.72 Å². The number of hydrogen-bond donors (Lipinski definition) is 1. The van der Waals surface area contributed by atoms with Crippen LogP contribution in [0.2, 0.25) is 0 Å². The van der Waals surface area contributed by atoms with Crippen molar-refractivity contribution in [2.75, 3.05) is 11.0 Å². The van der Waals surface area contributed by atoms with E-state index in [1.54, 1.807) is 18.2 Å². The van der Waals surface area contributed by atoms with Gasteiger partial charge in [-0.1, -0.05) is 18.2 Å². The smallest absolute Gasteiger partial charge is 0.261 e. The Kier molecular flexibility index (Phi) is 4.40. The molecule has 0 bridgehead atoms. The average molecular weight is 307 g/mol. The average Bonchev–Trinajstić information content (AvgIpc) is 2.42. The van der Waals surface area contributed by atoms with Gasteiger partial charge in [0.15, 0.2) is 0 Å². The first-order valence-electron chi connectivity index (χ1n) is 6.17. The van der Waals surface area contributed by atoms with E-state index in [9.17, 15) is 8.42 Å². The van der Waals surface area contributed by atoms with Gasteiger partial charge < -0.3 is 0 Å². The highest BCUT2D eigenvalue weighted by atomic mass is 32.2. The van der Waals surface area contributed by atoms with Crippen LogP contribution in [0.25, 0.3) is 0 Å². The molecule has 5 heteroatoms. The maximum atomic E-state index is 12.4. The first-order valence-corrected chi connectivity index (χ1v) is 8.88. The van der Waals surface area contributed by atoms with E-state index in [1.165, 1.54) is 11.8 Å². The predicted molar refractivity (Wildman–Crippen MR) is 84.9 cm³/mol. The first-order chi connectivity index (χ1) is 9.44. The molecule has 2 aromatic rings. The molecule has 0 aliphatic heterocycles. The Labute approximate surface area is 124 Å². The van der Waals surface area contributed by atoms with Crippen molar-refractivity contribution in [1.29, 1.82) is 0 Å². The zero-order chi connectivity index (χ0) is 14.8. The summed E-state index contributed by atoms with van der Waals surface area (Å²) in [6.07, 6.45) is 1.92. The molecule has 0 amide bonds. The maximum absolute atomic E-state index is 12.4. The lowest BCUT2D eigenvalue weighted by molar-refractivity contribution is 0.601. The Morgan fingerprint density at radius 1 is 1.00 bits per heavy atom. The lowest BCUT2D eigenvalue weighted by Crippen LogP contribution is -2.13. The zero-order valence-electron chi connectivity index (χ0n) is 11.7. The summed E-state index contributed by atoms with van der Waals surface area (Å²) in [5, 5.41) is 0. The molecule has 0 fully saturated rings. The van der Waals surface area contributed by atoms with Gasteiger partial charge in [0.1, 0.15) is 0 Å². The molecule has 0 heterocycles. The summed E-state index contributed by atoms with van der Waals surface area (Å²) in [6.45, 7) is 3.87. The second kappa shape index (κ2) is 5.89. The van der Waals surface area contributed by atoms with E-state index >= 15 is 0 Å². The molecule has 0 aromatic heterocycles. The number of hydrogen-bond acceptors (Lipinski definition) is 3. The van der Waals surface area contributed by atoms with Crippen LogP contribution in [0.3, 0.4) is 0 Å². The van der Waals surface area contributed by atoms with Gasteiger partial charge in [0.2, 0.25) is 0 Å². The van der Waals surface area contributed by atoms with E-state index in [-0.39, 0.29) is 4.90 Å². The van der Waals surface area contributed by atoms with Gasteiger partial charge in [-0.05, 0) is 55.5 Å². The van der Waals surface area contributed by atoms with Gasteiger partial charge in [-0.25, -0.2) is 8.42 Å². The molecule has 0 atom stereocenters. The second-order valence-electron chi connectivity index (χ2n) is 4.55. The summed E-state index contributed by atoms with van der Waals surface area (Å²) in [4.78, 5) is 1.19. The standard InChI is InChI=1S/C15H17NO2S2/c1-11-8-9-13(10-12(11)2)20(17,18)16-14-6-4-5-7-15(14)19-3/h4-10,16H,1-3H3. The number of nitrogens with one attached hydrogen (secondary N) is 1. The molecule has 0 aliphatic carbocycles. The van der Waals surface area contributed by atoms with Crippen molar-refractivity contribution in [3.05, 3.63) is 53.6 Å². The SMILES string of the molecule is CSc1ccccc1NS(=O)(=O)c1ccc(C)c(C)c1. The Balaban J connectivity index is 2.38. The summed E-state index contributed by atoms with van der Waals surface area (Å²) in [5.74, 6) is 0. The number of benzene rings is 2. The van der Waals surface area contributed by atoms with Crippen LogP contribution in [0.4, 0.5) is 5.69 Å². The molecular weight excluding hydrogens is 290 g/mol. The monoisotopic (exact) mass is 307 g/mol. The van der Waals surface area contributed by atoms with Crippen LogP contribution in [0.1, 0.15) is 11.1 Å². The molecule has 2 aromatic carbocycles. The Morgan fingerprint density at radius 3 is 2.35 bits per heavy atom. The van der Waals surface area contributed by atoms with Crippen LogP contribution in [0.5, 0.6) is 0 Å². The number of anilines is 1. The Morgan fingerprint density at radius 2 is 1.70 bits per heavy atom.